The molecule has 0 saturated carbocycles. The molecule has 0 aliphatic carbocycles. The van der Waals surface area contributed by atoms with Crippen LogP contribution in [-0.2, 0) is 0 Å². The Hall–Kier alpha value is -0.900. The molecule has 1 heterocycles. The standard InChI is InChI=1S/C18H30N2O/c1-2-7-18(16-8-4-3-5-9-16)19-12-6-13-20-14-10-17(21)11-15-20/h3-5,8-9,17-19,21H,2,6-7,10-15H2,1H3. The lowest BCUT2D eigenvalue weighted by atomic mass is 10.0. The van der Waals surface area contributed by atoms with Gasteiger partial charge >= 0.3 is 0 Å². The summed E-state index contributed by atoms with van der Waals surface area (Å²) >= 11 is 0. The van der Waals surface area contributed by atoms with Gasteiger partial charge in [-0.1, -0.05) is 43.7 Å². The number of likely N-dealkylation sites (tertiary alicyclic amines) is 1. The van der Waals surface area contributed by atoms with E-state index in [1.165, 1.54) is 24.8 Å². The molecule has 3 heteroatoms. The van der Waals surface area contributed by atoms with E-state index >= 15 is 0 Å². The van der Waals surface area contributed by atoms with Crippen molar-refractivity contribution in [2.75, 3.05) is 26.2 Å². The van der Waals surface area contributed by atoms with Gasteiger partial charge in [0.25, 0.3) is 0 Å². The molecule has 0 bridgehead atoms. The first-order valence-corrected chi connectivity index (χ1v) is 8.48. The van der Waals surface area contributed by atoms with Crippen LogP contribution in [0.25, 0.3) is 0 Å². The average Bonchev–Trinajstić information content (AvgIpc) is 2.53. The number of hydrogen-bond acceptors (Lipinski definition) is 3. The molecule has 1 unspecified atom stereocenters. The lowest BCUT2D eigenvalue weighted by Gasteiger charge is -2.29. The van der Waals surface area contributed by atoms with E-state index < -0.39 is 0 Å². The fourth-order valence-corrected chi connectivity index (χ4v) is 3.08. The van der Waals surface area contributed by atoms with Crippen LogP contribution in [0.3, 0.4) is 0 Å². The van der Waals surface area contributed by atoms with Crippen LogP contribution in [0.4, 0.5) is 0 Å². The largest absolute Gasteiger partial charge is 0.393 e. The third kappa shape index (κ3) is 5.77. The molecule has 1 aliphatic rings. The highest BCUT2D eigenvalue weighted by Gasteiger charge is 2.16. The Labute approximate surface area is 129 Å². The van der Waals surface area contributed by atoms with Gasteiger partial charge in [0.1, 0.15) is 0 Å². The van der Waals surface area contributed by atoms with Gasteiger partial charge in [-0.2, -0.15) is 0 Å². The second kappa shape index (κ2) is 9.19. The first-order valence-electron chi connectivity index (χ1n) is 8.48. The number of nitrogens with zero attached hydrogens (tertiary/aromatic N) is 1. The molecule has 1 aliphatic heterocycles. The third-order valence-electron chi connectivity index (χ3n) is 4.38. The fourth-order valence-electron chi connectivity index (χ4n) is 3.08. The van der Waals surface area contributed by atoms with Crippen LogP contribution in [0.5, 0.6) is 0 Å². The molecule has 0 amide bonds. The molecule has 1 aromatic rings. The molecule has 0 spiro atoms. The second-order valence-electron chi connectivity index (χ2n) is 6.13. The minimum absolute atomic E-state index is 0.0635. The summed E-state index contributed by atoms with van der Waals surface area (Å²) in [6.45, 7) is 6.57. The highest BCUT2D eigenvalue weighted by molar-refractivity contribution is 5.18. The van der Waals surface area contributed by atoms with E-state index in [1.54, 1.807) is 0 Å². The molecular formula is C18H30N2O. The Morgan fingerprint density at radius 2 is 1.95 bits per heavy atom. The van der Waals surface area contributed by atoms with Gasteiger partial charge in [0, 0.05) is 19.1 Å². The van der Waals surface area contributed by atoms with Gasteiger partial charge in [-0.05, 0) is 44.3 Å². The molecule has 118 valence electrons. The summed E-state index contributed by atoms with van der Waals surface area (Å²) < 4.78 is 0. The number of aliphatic hydroxyl groups excluding tert-OH is 1. The van der Waals surface area contributed by atoms with Crippen LogP contribution >= 0.6 is 0 Å². The predicted octanol–water partition coefficient (Wildman–Crippen LogP) is 2.96. The molecule has 0 radical (unpaired) electrons. The fraction of sp³-hybridized carbons (Fsp3) is 0.667. The Bertz CT molecular complexity index is 374. The Morgan fingerprint density at radius 3 is 2.62 bits per heavy atom. The normalized spacial score (nSPS) is 18.8. The van der Waals surface area contributed by atoms with Gasteiger partial charge in [0.05, 0.1) is 6.10 Å². The molecule has 0 aromatic heterocycles. The van der Waals surface area contributed by atoms with Crippen molar-refractivity contribution in [3.63, 3.8) is 0 Å². The van der Waals surface area contributed by atoms with Gasteiger partial charge < -0.3 is 15.3 Å². The maximum atomic E-state index is 9.52. The van der Waals surface area contributed by atoms with E-state index in [0.29, 0.717) is 6.04 Å². The van der Waals surface area contributed by atoms with Crippen molar-refractivity contribution >= 4 is 0 Å². The van der Waals surface area contributed by atoms with Gasteiger partial charge in [-0.15, -0.1) is 0 Å². The van der Waals surface area contributed by atoms with Crippen LogP contribution in [0.1, 0.15) is 50.6 Å². The minimum atomic E-state index is -0.0635. The zero-order valence-electron chi connectivity index (χ0n) is 13.3. The summed E-state index contributed by atoms with van der Waals surface area (Å²) in [6, 6.07) is 11.3. The van der Waals surface area contributed by atoms with E-state index in [0.717, 1.165) is 39.0 Å². The lowest BCUT2D eigenvalue weighted by Crippen LogP contribution is -2.37. The lowest BCUT2D eigenvalue weighted by molar-refractivity contribution is 0.0820. The molecule has 21 heavy (non-hydrogen) atoms. The van der Waals surface area contributed by atoms with E-state index in [1.807, 2.05) is 0 Å². The Balaban J connectivity index is 1.68. The summed E-state index contributed by atoms with van der Waals surface area (Å²) in [6.07, 6.45) is 5.40. The second-order valence-corrected chi connectivity index (χ2v) is 6.13. The van der Waals surface area contributed by atoms with Crippen molar-refractivity contribution in [2.24, 2.45) is 0 Å². The van der Waals surface area contributed by atoms with Crippen LogP contribution in [0.15, 0.2) is 30.3 Å². The molecular weight excluding hydrogens is 260 g/mol. The summed E-state index contributed by atoms with van der Waals surface area (Å²) in [4.78, 5) is 2.48. The van der Waals surface area contributed by atoms with Crippen molar-refractivity contribution in [2.45, 2.75) is 51.2 Å². The topological polar surface area (TPSA) is 35.5 Å². The van der Waals surface area contributed by atoms with Crippen LogP contribution in [0, 0.1) is 0 Å². The maximum Gasteiger partial charge on any atom is 0.0564 e. The highest BCUT2D eigenvalue weighted by atomic mass is 16.3. The van der Waals surface area contributed by atoms with Crippen LogP contribution in [-0.4, -0.2) is 42.3 Å². The molecule has 2 N–H and O–H groups in total. The number of hydrogen-bond donors (Lipinski definition) is 2. The summed E-state index contributed by atoms with van der Waals surface area (Å²) in [5, 5.41) is 13.2. The SMILES string of the molecule is CCCC(NCCCN1CCC(O)CC1)c1ccccc1. The van der Waals surface area contributed by atoms with Crippen molar-refractivity contribution in [1.29, 1.82) is 0 Å². The van der Waals surface area contributed by atoms with E-state index in [4.69, 9.17) is 0 Å². The zero-order chi connectivity index (χ0) is 14.9. The monoisotopic (exact) mass is 290 g/mol. The van der Waals surface area contributed by atoms with E-state index in [9.17, 15) is 5.11 Å². The number of nitrogens with one attached hydrogen (secondary N) is 1. The first-order chi connectivity index (χ1) is 10.3. The Morgan fingerprint density at radius 1 is 1.24 bits per heavy atom. The number of aliphatic hydroxyl groups is 1. The van der Waals surface area contributed by atoms with Crippen molar-refractivity contribution in [1.82, 2.24) is 10.2 Å². The molecule has 1 fully saturated rings. The first kappa shape index (κ1) is 16.5. The molecule has 3 nitrogen and oxygen atoms in total. The smallest absolute Gasteiger partial charge is 0.0564 e. The predicted molar refractivity (Wildman–Crippen MR) is 88.4 cm³/mol. The van der Waals surface area contributed by atoms with Crippen LogP contribution in [0.2, 0.25) is 0 Å². The van der Waals surface area contributed by atoms with Crippen molar-refractivity contribution < 1.29 is 5.11 Å². The molecule has 1 saturated heterocycles. The van der Waals surface area contributed by atoms with Gasteiger partial charge in [0.15, 0.2) is 0 Å². The molecule has 1 atom stereocenters. The zero-order valence-corrected chi connectivity index (χ0v) is 13.3. The van der Waals surface area contributed by atoms with E-state index in [-0.39, 0.29) is 6.10 Å². The molecule has 2 rings (SSSR count). The van der Waals surface area contributed by atoms with Gasteiger partial charge in [0.2, 0.25) is 0 Å². The quantitative estimate of drug-likeness (QED) is 0.723. The van der Waals surface area contributed by atoms with Gasteiger partial charge in [-0.25, -0.2) is 0 Å². The van der Waals surface area contributed by atoms with Gasteiger partial charge in [-0.3, -0.25) is 0 Å². The van der Waals surface area contributed by atoms with E-state index in [2.05, 4.69) is 47.5 Å². The number of benzene rings is 1. The summed E-state index contributed by atoms with van der Waals surface area (Å²) in [7, 11) is 0. The third-order valence-corrected chi connectivity index (χ3v) is 4.38. The van der Waals surface area contributed by atoms with Crippen molar-refractivity contribution in [3.8, 4) is 0 Å². The maximum absolute atomic E-state index is 9.52. The van der Waals surface area contributed by atoms with Crippen LogP contribution < -0.4 is 5.32 Å². The minimum Gasteiger partial charge on any atom is -0.393 e. The summed E-state index contributed by atoms with van der Waals surface area (Å²) in [5.74, 6) is 0. The average molecular weight is 290 g/mol. The number of rotatable bonds is 8. The highest BCUT2D eigenvalue weighted by Crippen LogP contribution is 2.18. The van der Waals surface area contributed by atoms with Crippen molar-refractivity contribution in [3.05, 3.63) is 35.9 Å². The molecule has 1 aromatic carbocycles. The number of piperidine rings is 1. The Kier molecular flexibility index (Phi) is 7.20. The summed E-state index contributed by atoms with van der Waals surface area (Å²) in [5.41, 5.74) is 1.40.